The van der Waals surface area contributed by atoms with Gasteiger partial charge in [0.15, 0.2) is 0 Å². The van der Waals surface area contributed by atoms with Crippen molar-refractivity contribution in [1.82, 2.24) is 112 Å². The number of nitrogens with two attached hydrogens (primary N) is 2. The summed E-state index contributed by atoms with van der Waals surface area (Å²) in [6.45, 7) is 28.5. The number of aromatic nitrogens is 4. The second-order valence-electron chi connectivity index (χ2n) is 38.6. The number of hydrogen-bond donors (Lipinski definition) is 14. The first-order valence-corrected chi connectivity index (χ1v) is 52.0. The van der Waals surface area contributed by atoms with Crippen LogP contribution in [0.4, 0.5) is 0 Å². The zero-order chi connectivity index (χ0) is 98.0. The summed E-state index contributed by atoms with van der Waals surface area (Å²) in [6.07, 6.45) is 14.1. The number of cyclic esters (lactones) is 2. The van der Waals surface area contributed by atoms with Crippen LogP contribution in [0, 0.1) is 0 Å². The minimum atomic E-state index is -1.95. The van der Waals surface area contributed by atoms with Gasteiger partial charge in [-0.05, 0) is 101 Å². The Bertz CT molecular complexity index is 5240. The summed E-state index contributed by atoms with van der Waals surface area (Å²) in [6, 6.07) is 25.1. The molecule has 766 valence electrons. The van der Waals surface area contributed by atoms with Gasteiger partial charge in [-0.1, -0.05) is 75.9 Å². The number of carbonyl (C=O) groups is 8. The molecule has 0 spiro atoms. The maximum atomic E-state index is 14.1. The fourth-order valence-corrected chi connectivity index (χ4v) is 19.8. The van der Waals surface area contributed by atoms with Gasteiger partial charge in [-0.25, -0.2) is 19.6 Å². The van der Waals surface area contributed by atoms with Crippen molar-refractivity contribution < 1.29 is 57.3 Å². The van der Waals surface area contributed by atoms with Crippen LogP contribution < -0.4 is 86.4 Å². The number of hydrogen-bond acceptors (Lipinski definition) is 32. The first-order chi connectivity index (χ1) is 68.3. The predicted molar refractivity (Wildman–Crippen MR) is 538 cm³/mol. The maximum Gasteiger partial charge on any atom is 0.355 e. The summed E-state index contributed by atoms with van der Waals surface area (Å²) < 4.78 is 26.2. The van der Waals surface area contributed by atoms with E-state index in [1.807, 2.05) is 60.7 Å². The zero-order valence-electron chi connectivity index (χ0n) is 82.6. The van der Waals surface area contributed by atoms with Gasteiger partial charge in [-0.3, -0.25) is 67.8 Å². The molecular formula is C102H154N24O14. The molecule has 38 nitrogen and oxygen atoms in total. The molecule has 14 rings (SSSR count). The summed E-state index contributed by atoms with van der Waals surface area (Å²) in [5.41, 5.74) is 13.9. The highest BCUT2D eigenvalue weighted by molar-refractivity contribution is 5.92. The van der Waals surface area contributed by atoms with Gasteiger partial charge in [0.25, 0.3) is 11.1 Å². The summed E-state index contributed by atoms with van der Waals surface area (Å²) in [5.74, 6) is -5.15. The first kappa shape index (κ1) is 106. The minimum absolute atomic E-state index is 0.0370. The summed E-state index contributed by atoms with van der Waals surface area (Å²) in [4.78, 5) is 162. The SMILES string of the molecule is CCC1(OC(=O)CNC(=O)CCC(=O)NCCN(CCNCCNCCNC2CCC2)CCN(CCNCCN(CCN)CCN(CCNC2CCC2)CCN(CCNC(=O)CCC(=O)NCC(=O)OC2(CC)C(=O)OCc3c2cc2n(c3=O)Cc3cc4ccccc4nc3-2)CCNC2CCC2)CCNCCN(CCNCCN)C2CCC2)C(=O)OCc2c1cc1n(c2=O)Cc2cc3ccccc3nc2-1. The van der Waals surface area contributed by atoms with Crippen LogP contribution in [-0.4, -0.2) is 356 Å². The number of nitrogens with zero attached hydrogens (tertiary/aromatic N) is 10. The maximum absolute atomic E-state index is 14.1. The molecule has 2 atom stereocenters. The van der Waals surface area contributed by atoms with Gasteiger partial charge < -0.3 is 103 Å². The van der Waals surface area contributed by atoms with Gasteiger partial charge in [0.1, 0.15) is 26.3 Å². The molecular weight excluding hydrogens is 1790 g/mol. The molecule has 4 amide bonds. The number of nitrogens with one attached hydrogen (secondary N) is 12. The molecule has 2 aromatic carbocycles. The number of pyridine rings is 4. The van der Waals surface area contributed by atoms with Gasteiger partial charge in [-0.15, -0.1) is 0 Å². The van der Waals surface area contributed by atoms with Crippen LogP contribution in [0.5, 0.6) is 0 Å². The Morgan fingerprint density at radius 2 is 0.750 bits per heavy atom. The van der Waals surface area contributed by atoms with E-state index in [0.717, 1.165) is 216 Å². The Kier molecular flexibility index (Phi) is 41.0. The number of fused-ring (bicyclic) bond motifs is 10. The van der Waals surface area contributed by atoms with Crippen LogP contribution in [0.2, 0.25) is 0 Å². The van der Waals surface area contributed by atoms with Crippen molar-refractivity contribution in [3.63, 3.8) is 0 Å². The molecule has 6 aromatic rings. The lowest BCUT2D eigenvalue weighted by molar-refractivity contribution is -0.189. The number of rotatable bonds is 67. The van der Waals surface area contributed by atoms with Crippen molar-refractivity contribution >= 4 is 69.3 Å². The molecule has 2 unspecified atom stereocenters. The van der Waals surface area contributed by atoms with E-state index in [1.54, 1.807) is 35.1 Å². The van der Waals surface area contributed by atoms with E-state index in [4.69, 9.17) is 40.4 Å². The number of carbonyl (C=O) groups excluding carboxylic acids is 8. The number of ether oxygens (including phenoxy) is 4. The molecule has 4 saturated carbocycles. The van der Waals surface area contributed by atoms with Crippen LogP contribution in [-0.2, 0) is 94.8 Å². The molecule has 140 heavy (non-hydrogen) atoms. The van der Waals surface area contributed by atoms with Gasteiger partial charge in [0.2, 0.25) is 34.8 Å². The van der Waals surface area contributed by atoms with E-state index in [1.165, 1.54) is 77.0 Å². The summed E-state index contributed by atoms with van der Waals surface area (Å²) >= 11 is 0. The van der Waals surface area contributed by atoms with E-state index >= 15 is 0 Å². The lowest BCUT2D eigenvalue weighted by Crippen LogP contribution is -2.48. The number of benzene rings is 2. The zero-order valence-corrected chi connectivity index (χ0v) is 82.6. The van der Waals surface area contributed by atoms with Gasteiger partial charge in [0.05, 0.1) is 58.0 Å². The van der Waals surface area contributed by atoms with E-state index < -0.39 is 60.0 Å². The quantitative estimate of drug-likeness (QED) is 0.0143. The fraction of sp³-hybridized carbons (Fsp3) is 0.647. The third-order valence-electron chi connectivity index (χ3n) is 29.2. The molecule has 38 heteroatoms. The van der Waals surface area contributed by atoms with Crippen LogP contribution >= 0.6 is 0 Å². The highest BCUT2D eigenvalue weighted by atomic mass is 16.6. The molecule has 8 aliphatic rings. The molecule has 0 bridgehead atoms. The first-order valence-electron chi connectivity index (χ1n) is 52.0. The number of para-hydroxylation sites is 2. The van der Waals surface area contributed by atoms with Crippen molar-refractivity contribution in [2.75, 3.05) is 236 Å². The van der Waals surface area contributed by atoms with Crippen molar-refractivity contribution in [1.29, 1.82) is 0 Å². The lowest BCUT2D eigenvalue weighted by atomic mass is 9.85. The van der Waals surface area contributed by atoms with Crippen molar-refractivity contribution in [2.24, 2.45) is 11.5 Å². The predicted octanol–water partition coefficient (Wildman–Crippen LogP) is 0.956. The van der Waals surface area contributed by atoms with Crippen molar-refractivity contribution in [3.8, 4) is 22.8 Å². The normalized spacial score (nSPS) is 17.7. The average Bonchev–Trinajstić information content (AvgIpc) is 1.55. The Hall–Kier alpha value is -9.72. The Morgan fingerprint density at radius 3 is 1.14 bits per heavy atom. The van der Waals surface area contributed by atoms with Gasteiger partial charge in [-0.2, -0.15) is 0 Å². The summed E-state index contributed by atoms with van der Waals surface area (Å²) in [5, 5.41) is 42.6. The standard InChI is InChI=1S/C102H154N24O14/c1-3-101(83-65-87-95-75(63-73-13-5-7-23-85(73)117-95)69-125(87)97(133)81(83)71-137-99(101)135)139-93(131)67-115-91(129)27-25-89(127)113-44-53-121(48-36-107-33-32-106-34-35-110-77-15-9-16-77)59-58-120(50-39-109-41-56-124(80-21-12-22-80)55-40-105-31-29-103)49-38-108-37-47-119(46-30-104)57-61-123(52-43-112-79-19-11-20-79)62-60-122(51-42-111-78-17-10-18-78)54-45-114-90(128)26-28-92(130)116-68-94(132)140-102(4-2)84-66-88-96-76(64-74-14-6-8-24-86(74)118-96)70-126(88)98(134)82(84)72-138-100(102)136/h5-8,13-14,23-24,63-66,77-80,105-112H,3-4,9-12,15-22,25-62,67-72,103-104H2,1-2H3,(H,113,127)(H,114,128)(H,115,129)(H,116,130). The largest absolute Gasteiger partial charge is 0.457 e. The molecule has 16 N–H and O–H groups in total. The van der Waals surface area contributed by atoms with Gasteiger partial charge >= 0.3 is 23.9 Å². The lowest BCUT2D eigenvalue weighted by Gasteiger charge is -2.37. The Morgan fingerprint density at radius 1 is 0.400 bits per heavy atom. The molecule has 4 aromatic heterocycles. The molecule has 4 aliphatic carbocycles. The second-order valence-corrected chi connectivity index (χ2v) is 38.6. The Labute approximate surface area is 822 Å². The number of esters is 4. The molecule has 4 aliphatic heterocycles. The van der Waals surface area contributed by atoms with Gasteiger partial charge in [0, 0.05) is 305 Å². The third kappa shape index (κ3) is 29.3. The van der Waals surface area contributed by atoms with Crippen LogP contribution in [0.1, 0.15) is 163 Å². The second kappa shape index (κ2) is 54.1. The highest BCUT2D eigenvalue weighted by Gasteiger charge is 2.52. The third-order valence-corrected chi connectivity index (χ3v) is 29.2. The summed E-state index contributed by atoms with van der Waals surface area (Å²) in [7, 11) is 0. The highest BCUT2D eigenvalue weighted by Crippen LogP contribution is 2.44. The van der Waals surface area contributed by atoms with E-state index in [9.17, 15) is 47.9 Å². The topological polar surface area (TPSA) is 459 Å². The van der Waals surface area contributed by atoms with Crippen LogP contribution in [0.3, 0.4) is 0 Å². The molecule has 0 saturated heterocycles. The smallest absolute Gasteiger partial charge is 0.355 e. The molecule has 4 fully saturated rings. The van der Waals surface area contributed by atoms with E-state index in [2.05, 4.69) is 93.2 Å². The Balaban J connectivity index is 0.542. The minimum Gasteiger partial charge on any atom is -0.457 e. The van der Waals surface area contributed by atoms with Crippen molar-refractivity contribution in [3.05, 3.63) is 127 Å². The van der Waals surface area contributed by atoms with E-state index in [0.29, 0.717) is 86.2 Å². The van der Waals surface area contributed by atoms with Crippen LogP contribution in [0.15, 0.2) is 82.4 Å². The monoisotopic (exact) mass is 1940 g/mol. The van der Waals surface area contributed by atoms with Crippen molar-refractivity contribution in [2.45, 2.75) is 191 Å². The van der Waals surface area contributed by atoms with E-state index in [-0.39, 0.29) is 110 Å². The average molecular weight is 1940 g/mol. The molecule has 8 heterocycles. The molecule has 0 radical (unpaired) electrons. The fourth-order valence-electron chi connectivity index (χ4n) is 19.8. The number of amides is 4. The van der Waals surface area contributed by atoms with Crippen LogP contribution in [0.25, 0.3) is 44.6 Å².